The SMILES string of the molecule is BC1c2ccccc2-c2ccc(C(N)=C=C)cc21. The van der Waals surface area contributed by atoms with Gasteiger partial charge in [-0.3, -0.25) is 0 Å². The minimum absolute atomic E-state index is 0.425. The summed E-state index contributed by atoms with van der Waals surface area (Å²) >= 11 is 0. The fourth-order valence-corrected chi connectivity index (χ4v) is 2.72. The van der Waals surface area contributed by atoms with Gasteiger partial charge in [0.1, 0.15) is 7.85 Å². The van der Waals surface area contributed by atoms with E-state index in [1.165, 1.54) is 22.3 Å². The van der Waals surface area contributed by atoms with Crippen molar-refractivity contribution in [3.8, 4) is 11.1 Å². The molecule has 18 heavy (non-hydrogen) atoms. The summed E-state index contributed by atoms with van der Waals surface area (Å²) in [6.45, 7) is 3.60. The highest BCUT2D eigenvalue weighted by Crippen LogP contribution is 2.43. The first-order valence-electron chi connectivity index (χ1n) is 6.11. The summed E-state index contributed by atoms with van der Waals surface area (Å²) in [4.78, 5) is 0. The minimum atomic E-state index is 0.425. The largest absolute Gasteiger partial charge is 0.392 e. The molecule has 1 nitrogen and oxygen atoms in total. The van der Waals surface area contributed by atoms with E-state index in [1.54, 1.807) is 0 Å². The van der Waals surface area contributed by atoms with Gasteiger partial charge in [0.15, 0.2) is 0 Å². The van der Waals surface area contributed by atoms with Gasteiger partial charge in [-0.25, -0.2) is 0 Å². The van der Waals surface area contributed by atoms with Gasteiger partial charge >= 0.3 is 0 Å². The summed E-state index contributed by atoms with van der Waals surface area (Å²) in [5, 5.41) is 0. The Morgan fingerprint density at radius 2 is 1.83 bits per heavy atom. The Kier molecular flexibility index (Phi) is 2.39. The number of nitrogens with two attached hydrogens (primary N) is 1. The Morgan fingerprint density at radius 3 is 2.61 bits per heavy atom. The van der Waals surface area contributed by atoms with Crippen molar-refractivity contribution in [2.75, 3.05) is 0 Å². The first-order chi connectivity index (χ1) is 8.72. The van der Waals surface area contributed by atoms with Crippen molar-refractivity contribution >= 4 is 13.5 Å². The van der Waals surface area contributed by atoms with Crippen LogP contribution in [0.5, 0.6) is 0 Å². The summed E-state index contributed by atoms with van der Waals surface area (Å²) in [6, 6.07) is 14.9. The summed E-state index contributed by atoms with van der Waals surface area (Å²) in [6.07, 6.45) is 0. The van der Waals surface area contributed by atoms with Gasteiger partial charge in [0, 0.05) is 5.56 Å². The summed E-state index contributed by atoms with van der Waals surface area (Å²) in [5.74, 6) is 0.425. The number of hydrogen-bond acceptors (Lipinski definition) is 1. The van der Waals surface area contributed by atoms with Crippen LogP contribution in [0.4, 0.5) is 0 Å². The Labute approximate surface area is 108 Å². The van der Waals surface area contributed by atoms with E-state index in [-0.39, 0.29) is 0 Å². The van der Waals surface area contributed by atoms with Gasteiger partial charge in [0.2, 0.25) is 0 Å². The van der Waals surface area contributed by atoms with E-state index in [0.717, 1.165) is 5.56 Å². The third-order valence-corrected chi connectivity index (χ3v) is 3.74. The lowest BCUT2D eigenvalue weighted by atomic mass is 9.79. The van der Waals surface area contributed by atoms with E-state index in [2.05, 4.69) is 56.6 Å². The monoisotopic (exact) mass is 231 g/mol. The zero-order chi connectivity index (χ0) is 12.7. The average molecular weight is 231 g/mol. The molecule has 0 radical (unpaired) electrons. The number of hydrogen-bond donors (Lipinski definition) is 1. The molecule has 0 aromatic heterocycles. The molecule has 0 saturated heterocycles. The second kappa shape index (κ2) is 3.94. The van der Waals surface area contributed by atoms with E-state index in [9.17, 15) is 0 Å². The van der Waals surface area contributed by atoms with Gasteiger partial charge in [-0.2, -0.15) is 0 Å². The lowest BCUT2D eigenvalue weighted by Gasteiger charge is -2.08. The highest BCUT2D eigenvalue weighted by Gasteiger charge is 2.24. The topological polar surface area (TPSA) is 26.0 Å². The van der Waals surface area contributed by atoms with Crippen LogP contribution in [0.3, 0.4) is 0 Å². The third kappa shape index (κ3) is 1.43. The van der Waals surface area contributed by atoms with Gasteiger partial charge in [-0.05, 0) is 34.1 Å². The molecule has 1 unspecified atom stereocenters. The van der Waals surface area contributed by atoms with Crippen LogP contribution in [0.2, 0.25) is 0 Å². The molecule has 2 N–H and O–H groups in total. The minimum Gasteiger partial charge on any atom is -0.392 e. The molecule has 2 heteroatoms. The van der Waals surface area contributed by atoms with E-state index < -0.39 is 0 Å². The quantitative estimate of drug-likeness (QED) is 0.592. The van der Waals surface area contributed by atoms with Crippen molar-refractivity contribution in [1.29, 1.82) is 0 Å². The normalized spacial score (nSPS) is 15.7. The van der Waals surface area contributed by atoms with Crippen molar-refractivity contribution < 1.29 is 0 Å². The van der Waals surface area contributed by atoms with Crippen molar-refractivity contribution in [3.05, 3.63) is 71.5 Å². The van der Waals surface area contributed by atoms with E-state index >= 15 is 0 Å². The molecule has 0 aliphatic heterocycles. The lowest BCUT2D eigenvalue weighted by Crippen LogP contribution is -1.98. The number of rotatable bonds is 1. The maximum atomic E-state index is 5.88. The third-order valence-electron chi connectivity index (χ3n) is 3.74. The average Bonchev–Trinajstić information content (AvgIpc) is 2.72. The van der Waals surface area contributed by atoms with Crippen molar-refractivity contribution in [1.82, 2.24) is 0 Å². The number of fused-ring (bicyclic) bond motifs is 3. The lowest BCUT2D eigenvalue weighted by molar-refractivity contribution is 1.20. The molecule has 86 valence electrons. The second-order valence-electron chi connectivity index (χ2n) is 4.70. The van der Waals surface area contributed by atoms with Gasteiger partial charge < -0.3 is 5.73 Å². The van der Waals surface area contributed by atoms with Crippen LogP contribution in [0.15, 0.2) is 54.8 Å². The van der Waals surface area contributed by atoms with Crippen molar-refractivity contribution in [2.24, 2.45) is 5.73 Å². The first-order valence-corrected chi connectivity index (χ1v) is 6.11. The Morgan fingerprint density at radius 1 is 1.11 bits per heavy atom. The predicted molar refractivity (Wildman–Crippen MR) is 79.0 cm³/mol. The molecule has 0 fully saturated rings. The molecular weight excluding hydrogens is 217 g/mol. The maximum absolute atomic E-state index is 5.88. The molecule has 0 heterocycles. The van der Waals surface area contributed by atoms with Crippen LogP contribution in [-0.4, -0.2) is 7.85 Å². The molecule has 0 saturated carbocycles. The van der Waals surface area contributed by atoms with Crippen molar-refractivity contribution in [3.63, 3.8) is 0 Å². The Bertz CT molecular complexity index is 681. The van der Waals surface area contributed by atoms with E-state index in [4.69, 9.17) is 5.73 Å². The fraction of sp³-hybridized carbons (Fsp3) is 0.0625. The van der Waals surface area contributed by atoms with Gasteiger partial charge in [0.25, 0.3) is 0 Å². The molecule has 1 atom stereocenters. The highest BCUT2D eigenvalue weighted by molar-refractivity contribution is 6.17. The predicted octanol–water partition coefficient (Wildman–Crippen LogP) is 2.47. The van der Waals surface area contributed by atoms with E-state index in [0.29, 0.717) is 11.5 Å². The molecule has 0 amide bonds. The van der Waals surface area contributed by atoms with Crippen LogP contribution in [-0.2, 0) is 0 Å². The van der Waals surface area contributed by atoms with Gasteiger partial charge in [-0.15, -0.1) is 5.73 Å². The highest BCUT2D eigenvalue weighted by atomic mass is 14.6. The zero-order valence-electron chi connectivity index (χ0n) is 10.4. The van der Waals surface area contributed by atoms with Crippen LogP contribution < -0.4 is 5.73 Å². The van der Waals surface area contributed by atoms with Gasteiger partial charge in [-0.1, -0.05) is 43.0 Å². The van der Waals surface area contributed by atoms with Gasteiger partial charge in [0.05, 0.1) is 5.70 Å². The molecular formula is C16H14BN. The molecule has 2 aromatic carbocycles. The molecule has 0 bridgehead atoms. The molecule has 2 aromatic rings. The van der Waals surface area contributed by atoms with Crippen LogP contribution >= 0.6 is 0 Å². The standard InChI is InChI=1S/C16H14BN/c1-2-15(18)10-7-8-12-11-5-3-4-6-13(11)16(17)14(12)9-10/h3-9,16H,1,17-18H2. The molecule has 1 aliphatic carbocycles. The maximum Gasteiger partial charge on any atom is 0.116 e. The number of benzene rings is 2. The molecule has 3 rings (SSSR count). The fourth-order valence-electron chi connectivity index (χ4n) is 2.72. The van der Waals surface area contributed by atoms with Crippen molar-refractivity contribution in [2.45, 2.75) is 5.82 Å². The smallest absolute Gasteiger partial charge is 0.116 e. The van der Waals surface area contributed by atoms with Crippen LogP contribution in [0, 0.1) is 0 Å². The Balaban J connectivity index is 2.23. The summed E-state index contributed by atoms with van der Waals surface area (Å²) in [5.41, 5.74) is 15.6. The molecule has 0 spiro atoms. The summed E-state index contributed by atoms with van der Waals surface area (Å²) < 4.78 is 0. The molecule has 1 aliphatic rings. The zero-order valence-corrected chi connectivity index (χ0v) is 10.4. The summed E-state index contributed by atoms with van der Waals surface area (Å²) in [7, 11) is 2.24. The van der Waals surface area contributed by atoms with Crippen LogP contribution in [0.25, 0.3) is 16.8 Å². The first kappa shape index (κ1) is 10.9. The second-order valence-corrected chi connectivity index (χ2v) is 4.70. The Hall–Kier alpha value is -2.18. The van der Waals surface area contributed by atoms with Crippen LogP contribution in [0.1, 0.15) is 22.5 Å². The van der Waals surface area contributed by atoms with E-state index in [1.807, 2.05) is 6.07 Å².